The molecule has 3 unspecified atom stereocenters. The highest BCUT2D eigenvalue weighted by Gasteiger charge is 2.53. The molecule has 4 fully saturated rings. The number of carbonyl (C=O) groups excluding carboxylic acids is 4. The third-order valence-corrected chi connectivity index (χ3v) is 17.3. The first kappa shape index (κ1) is 90.4. The van der Waals surface area contributed by atoms with Gasteiger partial charge in [-0.3, -0.25) is 19.9 Å². The summed E-state index contributed by atoms with van der Waals surface area (Å²) in [5.74, 6) is 1.12. The predicted octanol–water partition coefficient (Wildman–Crippen LogP) is 19.6. The minimum Gasteiger partial charge on any atom is -0.444 e. The molecule has 0 spiro atoms. The van der Waals surface area contributed by atoms with Crippen molar-refractivity contribution in [2.75, 3.05) is 65.4 Å². The minimum atomic E-state index is -0.482. The highest BCUT2D eigenvalue weighted by Crippen LogP contribution is 2.40. The van der Waals surface area contributed by atoms with Crippen molar-refractivity contribution in [3.8, 4) is 0 Å². The second-order valence-corrected chi connectivity index (χ2v) is 34.2. The summed E-state index contributed by atoms with van der Waals surface area (Å²) >= 11 is 42.0. The summed E-state index contributed by atoms with van der Waals surface area (Å²) in [4.78, 5) is 75.5. The molecule has 30 heteroatoms. The van der Waals surface area contributed by atoms with Crippen LogP contribution < -0.4 is 5.32 Å². The second kappa shape index (κ2) is 40.9. The zero-order valence-electron chi connectivity index (χ0n) is 61.9. The molecule has 5 aromatic heterocycles. The topological polar surface area (TPSA) is 213 Å². The van der Waals surface area contributed by atoms with E-state index < -0.39 is 22.4 Å². The Bertz CT molecular complexity index is 3380. The summed E-state index contributed by atoms with van der Waals surface area (Å²) in [7, 11) is -0.387. The average molecular weight is 1650 g/mol. The Morgan fingerprint density at radius 2 is 0.864 bits per heavy atom. The second-order valence-electron chi connectivity index (χ2n) is 29.7. The number of likely N-dealkylation sites (tertiary alicyclic amines) is 2. The monoisotopic (exact) mass is 1650 g/mol. The third-order valence-electron chi connectivity index (χ3n) is 15.7. The number of rotatable bonds is 5. The van der Waals surface area contributed by atoms with E-state index in [9.17, 15) is 19.2 Å². The molecule has 3 atom stereocenters. The third kappa shape index (κ3) is 33.0. The summed E-state index contributed by atoms with van der Waals surface area (Å²) in [6.07, 6.45) is 14.1. The molecule has 568 valence electrons. The molecule has 103 heavy (non-hydrogen) atoms. The fourth-order valence-electron chi connectivity index (χ4n) is 10.1. The molecule has 0 aromatic carbocycles. The Morgan fingerprint density at radius 3 is 1.19 bits per heavy atom. The molecule has 0 bridgehead atoms. The van der Waals surface area contributed by atoms with Crippen LogP contribution in [-0.4, -0.2) is 180 Å². The molecule has 11 heterocycles. The van der Waals surface area contributed by atoms with Crippen molar-refractivity contribution >= 4 is 147 Å². The number of hydrogen-bond donors (Lipinski definition) is 1. The van der Waals surface area contributed by atoms with Gasteiger partial charge >= 0.3 is 31.5 Å². The number of nitrogens with one attached hydrogen (secondary N) is 1. The first-order valence-corrected chi connectivity index (χ1v) is 37.3. The lowest BCUT2D eigenvalue weighted by Gasteiger charge is -2.32. The van der Waals surface area contributed by atoms with Gasteiger partial charge in [0.1, 0.15) is 31.8 Å². The van der Waals surface area contributed by atoms with Gasteiger partial charge in [-0.05, 0) is 231 Å². The van der Waals surface area contributed by atoms with Crippen LogP contribution in [0.15, 0.2) is 114 Å². The zero-order chi connectivity index (χ0) is 76.1. The van der Waals surface area contributed by atoms with Crippen molar-refractivity contribution in [1.29, 1.82) is 0 Å². The number of halogens is 9. The molecule has 0 aliphatic carbocycles. The van der Waals surface area contributed by atoms with Crippen LogP contribution in [0.4, 0.5) is 19.2 Å². The molecule has 4 saturated heterocycles. The van der Waals surface area contributed by atoms with E-state index in [1.807, 2.05) is 165 Å². The maximum atomic E-state index is 12.1. The Kier molecular flexibility index (Phi) is 35.9. The number of alkyl halides is 2. The lowest BCUT2D eigenvalue weighted by molar-refractivity contribution is 0.00578. The van der Waals surface area contributed by atoms with Crippen LogP contribution in [0, 0.1) is 0 Å². The Labute approximate surface area is 659 Å². The summed E-state index contributed by atoms with van der Waals surface area (Å²) in [6, 6.07) is 18.6. The lowest BCUT2D eigenvalue weighted by Crippen LogP contribution is -2.41. The number of hydrogen-bond acceptors (Lipinski definition) is 16. The quantitative estimate of drug-likeness (QED) is 0.0750. The Hall–Kier alpha value is -4.95. The predicted molar refractivity (Wildman–Crippen MR) is 421 cm³/mol. The molecule has 6 aliphatic heterocycles. The highest BCUT2D eigenvalue weighted by atomic mass is 79.9. The van der Waals surface area contributed by atoms with E-state index >= 15 is 0 Å². The van der Waals surface area contributed by atoms with Gasteiger partial charge in [0.05, 0.1) is 48.6 Å². The molecule has 4 amide bonds. The van der Waals surface area contributed by atoms with Gasteiger partial charge in [-0.2, -0.15) is 0 Å². The van der Waals surface area contributed by atoms with Crippen LogP contribution >= 0.6 is 110 Å². The molecular weight excluding hydrogens is 1550 g/mol. The molecule has 6 aliphatic rings. The van der Waals surface area contributed by atoms with Gasteiger partial charge in [-0.15, -0.1) is 35.6 Å². The van der Waals surface area contributed by atoms with E-state index in [2.05, 4.69) is 46.2 Å². The summed E-state index contributed by atoms with van der Waals surface area (Å²) in [5.41, 5.74) is 3.38. The number of carbonyl (C=O) groups is 4. The number of pyridine rings is 5. The molecule has 11 rings (SSSR count). The SMILES string of the molecule is CC(C)(C)OC(=O)N1CC=C(B2OC(C)(C)C(C)(C)O2)C1.CC(C)(C)OC(=O)N1CC=C(c2ccc(Cl)cn2)C1.CC(C)(C)OC(=O)N1CCC(c2ccc(Cl)cn2)C1.CC(C)(C)OC(=O)N1CCC(c2ccc(Cl)cn2)C1.CC(Cl)Cl.Cl.Clc1ccc(Br)nc1.Clc1ccc(C2CCNC2)nc1. The smallest absolute Gasteiger partial charge is 0.444 e. The van der Waals surface area contributed by atoms with Crippen LogP contribution in [0.5, 0.6) is 0 Å². The van der Waals surface area contributed by atoms with Crippen LogP contribution in [0.1, 0.15) is 177 Å². The number of nitrogens with zero attached hydrogens (tertiary/aromatic N) is 9. The molecule has 0 radical (unpaired) electrons. The molecule has 1 N–H and O–H groups in total. The first-order valence-electron chi connectivity index (χ1n) is 33.7. The average Bonchev–Trinajstić information content (AvgIpc) is 1.62. The Balaban J connectivity index is 0.000000263. The maximum Gasteiger partial charge on any atom is 0.492 e. The van der Waals surface area contributed by atoms with E-state index in [-0.39, 0.29) is 71.8 Å². The summed E-state index contributed by atoms with van der Waals surface area (Å²) in [5, 5.41) is 6.55. The largest absolute Gasteiger partial charge is 0.492 e. The van der Waals surface area contributed by atoms with Crippen molar-refractivity contribution in [3.05, 3.63) is 162 Å². The molecule has 0 saturated carbocycles. The molecule has 20 nitrogen and oxygen atoms in total. The van der Waals surface area contributed by atoms with Crippen molar-refractivity contribution in [3.63, 3.8) is 0 Å². The van der Waals surface area contributed by atoms with Gasteiger partial charge in [0.15, 0.2) is 0 Å². The van der Waals surface area contributed by atoms with Gasteiger partial charge in [0, 0.05) is 118 Å². The normalized spacial score (nSPS) is 18.7. The van der Waals surface area contributed by atoms with Crippen LogP contribution in [0.25, 0.3) is 5.57 Å². The fourth-order valence-corrected chi connectivity index (χ4v) is 10.9. The molecule has 5 aromatic rings. The van der Waals surface area contributed by atoms with Crippen LogP contribution in [0.3, 0.4) is 0 Å². The van der Waals surface area contributed by atoms with Gasteiger partial charge in [-0.1, -0.05) is 70.2 Å². The highest BCUT2D eigenvalue weighted by molar-refractivity contribution is 9.10. The number of ether oxygens (including phenoxy) is 4. The first-order chi connectivity index (χ1) is 47.3. The Morgan fingerprint density at radius 1 is 0.515 bits per heavy atom. The van der Waals surface area contributed by atoms with Gasteiger partial charge < -0.3 is 53.2 Å². The van der Waals surface area contributed by atoms with Crippen LogP contribution in [0.2, 0.25) is 25.1 Å². The number of aromatic nitrogens is 5. The van der Waals surface area contributed by atoms with E-state index in [1.165, 1.54) is 6.42 Å². The van der Waals surface area contributed by atoms with Crippen molar-refractivity contribution in [2.45, 2.75) is 193 Å². The van der Waals surface area contributed by atoms with Crippen molar-refractivity contribution < 1.29 is 47.4 Å². The van der Waals surface area contributed by atoms with Gasteiger partial charge in [0.2, 0.25) is 0 Å². The molecular formula is C73H100BBrCl8N10O10. The van der Waals surface area contributed by atoms with Gasteiger partial charge in [0.25, 0.3) is 0 Å². The van der Waals surface area contributed by atoms with Crippen LogP contribution in [-0.2, 0) is 28.3 Å². The van der Waals surface area contributed by atoms with E-state index in [0.717, 1.165) is 64.4 Å². The van der Waals surface area contributed by atoms with Crippen molar-refractivity contribution in [1.82, 2.24) is 49.8 Å². The summed E-state index contributed by atoms with van der Waals surface area (Å²) < 4.78 is 34.3. The number of amides is 4. The zero-order valence-corrected chi connectivity index (χ0v) is 69.6. The van der Waals surface area contributed by atoms with E-state index in [1.54, 1.807) is 75.7 Å². The lowest BCUT2D eigenvalue weighted by atomic mass is 9.79. The maximum absolute atomic E-state index is 12.1. The summed E-state index contributed by atoms with van der Waals surface area (Å²) in [6.45, 7) is 39.2. The van der Waals surface area contributed by atoms with Gasteiger partial charge in [-0.25, -0.2) is 24.2 Å². The van der Waals surface area contributed by atoms with E-state index in [4.69, 9.17) is 109 Å². The fraction of sp³-hybridized carbons (Fsp3) is 0.548. The van der Waals surface area contributed by atoms with E-state index in [0.29, 0.717) is 83.4 Å². The van der Waals surface area contributed by atoms with Crippen molar-refractivity contribution in [2.24, 2.45) is 0 Å². The minimum absolute atomic E-state index is 0. The standard InChI is InChI=1S/C15H26BNO4.2C14H19ClN2O2.C14H17ClN2O2.C9H11ClN2.C5H3BrClN.C2H4Cl2.ClH/c1-13(2,3)19-12(18)17-9-8-11(10-17)16-20-14(4,5)15(6,7)21-16;3*1-14(2,3)19-13(18)17-7-6-10(9-17)12-5-4-11(15)8-16-12;10-8-1-2-9(12-6-8)7-3-4-11-5-7;6-5-2-1-4(7)3-8-5;1-2(3)4;/h8H,9-10H2,1-7H3;2*4-5,8,10H,6-7,9H2,1-3H3;4-6,8H,7,9H2,1-3H3;1-2,6-7,11H,3-5H2;1-3H;2H,1H3;1H.